The number of ether oxygens (including phenoxy) is 2. The Morgan fingerprint density at radius 3 is 2.37 bits per heavy atom. The first-order valence-corrected chi connectivity index (χ1v) is 9.71. The molecular weight excluding hydrogens is 364 g/mol. The Bertz CT molecular complexity index is 579. The van der Waals surface area contributed by atoms with E-state index in [1.54, 1.807) is 7.11 Å². The van der Waals surface area contributed by atoms with Crippen molar-refractivity contribution in [3.8, 4) is 11.5 Å². The van der Waals surface area contributed by atoms with E-state index in [1.165, 1.54) is 38.5 Å². The molecule has 1 amide bonds. The number of carbonyl (C=O) groups excluding carboxylic acids is 1. The molecule has 0 aromatic heterocycles. The summed E-state index contributed by atoms with van der Waals surface area (Å²) in [6.45, 7) is 6.64. The summed E-state index contributed by atoms with van der Waals surface area (Å²) < 4.78 is 11.1. The Labute approximate surface area is 170 Å². The number of nitrogens with one attached hydrogen (secondary N) is 2. The minimum atomic E-state index is -0.266. The van der Waals surface area contributed by atoms with Crippen LogP contribution in [0.15, 0.2) is 18.2 Å². The Morgan fingerprint density at radius 2 is 1.78 bits per heavy atom. The molecule has 0 aliphatic heterocycles. The Morgan fingerprint density at radius 1 is 1.11 bits per heavy atom. The molecule has 2 rings (SSSR count). The molecule has 0 radical (unpaired) electrons. The van der Waals surface area contributed by atoms with Gasteiger partial charge in [0.1, 0.15) is 0 Å². The summed E-state index contributed by atoms with van der Waals surface area (Å²) in [5.74, 6) is 1.11. The molecule has 0 heterocycles. The van der Waals surface area contributed by atoms with Crippen LogP contribution < -0.4 is 20.1 Å². The van der Waals surface area contributed by atoms with Crippen molar-refractivity contribution in [1.82, 2.24) is 10.6 Å². The molecule has 0 spiro atoms. The zero-order valence-electron chi connectivity index (χ0n) is 17.1. The first-order valence-electron chi connectivity index (χ1n) is 9.71. The van der Waals surface area contributed by atoms with E-state index in [2.05, 4.69) is 10.6 Å². The summed E-state index contributed by atoms with van der Waals surface area (Å²) in [5, 5.41) is 6.55. The Balaban J connectivity index is 0.00000364. The first-order chi connectivity index (χ1) is 12.4. The van der Waals surface area contributed by atoms with Crippen molar-refractivity contribution in [2.75, 3.05) is 13.7 Å². The largest absolute Gasteiger partial charge is 0.493 e. The third kappa shape index (κ3) is 8.85. The van der Waals surface area contributed by atoms with E-state index < -0.39 is 0 Å². The summed E-state index contributed by atoms with van der Waals surface area (Å²) in [4.78, 5) is 11.9. The Kier molecular flexibility index (Phi) is 9.95. The molecule has 27 heavy (non-hydrogen) atoms. The highest BCUT2D eigenvalue weighted by molar-refractivity contribution is 5.85. The Hall–Kier alpha value is -1.46. The molecule has 1 aromatic rings. The standard InChI is InChI=1S/C21H34N2O3.ClH/c1-21(2,3)23-20(24)15-26-18-12-11-16(13-19(18)25-4)14-22-17-9-7-5-6-8-10-17;/h11-13,17,22H,5-10,14-15H2,1-4H3,(H,23,24);1H. The fourth-order valence-corrected chi connectivity index (χ4v) is 3.28. The molecule has 1 aliphatic carbocycles. The lowest BCUT2D eigenvalue weighted by molar-refractivity contribution is -0.124. The highest BCUT2D eigenvalue weighted by Gasteiger charge is 2.16. The van der Waals surface area contributed by atoms with Crippen LogP contribution in [0.2, 0.25) is 0 Å². The van der Waals surface area contributed by atoms with Crippen LogP contribution in [0.25, 0.3) is 0 Å². The molecule has 0 bridgehead atoms. The number of methoxy groups -OCH3 is 1. The van der Waals surface area contributed by atoms with Crippen molar-refractivity contribution in [2.45, 2.75) is 77.4 Å². The van der Waals surface area contributed by atoms with Gasteiger partial charge in [-0.3, -0.25) is 4.79 Å². The molecule has 0 unspecified atom stereocenters. The van der Waals surface area contributed by atoms with Crippen molar-refractivity contribution in [1.29, 1.82) is 0 Å². The molecule has 0 atom stereocenters. The highest BCUT2D eigenvalue weighted by atomic mass is 35.5. The minimum Gasteiger partial charge on any atom is -0.493 e. The number of halogens is 1. The lowest BCUT2D eigenvalue weighted by atomic mass is 10.1. The number of hydrogen-bond donors (Lipinski definition) is 2. The topological polar surface area (TPSA) is 59.6 Å². The van der Waals surface area contributed by atoms with Gasteiger partial charge in [-0.25, -0.2) is 0 Å². The summed E-state index contributed by atoms with van der Waals surface area (Å²) in [5.41, 5.74) is 0.899. The zero-order valence-corrected chi connectivity index (χ0v) is 17.9. The van der Waals surface area contributed by atoms with Crippen LogP contribution in [0.4, 0.5) is 0 Å². The highest BCUT2D eigenvalue weighted by Crippen LogP contribution is 2.28. The van der Waals surface area contributed by atoms with Gasteiger partial charge in [0.05, 0.1) is 7.11 Å². The van der Waals surface area contributed by atoms with Crippen molar-refractivity contribution < 1.29 is 14.3 Å². The van der Waals surface area contributed by atoms with Gasteiger partial charge < -0.3 is 20.1 Å². The van der Waals surface area contributed by atoms with Crippen LogP contribution in [-0.2, 0) is 11.3 Å². The van der Waals surface area contributed by atoms with Gasteiger partial charge >= 0.3 is 0 Å². The van der Waals surface area contributed by atoms with E-state index in [-0.39, 0.29) is 30.5 Å². The van der Waals surface area contributed by atoms with Gasteiger partial charge in [0, 0.05) is 18.1 Å². The monoisotopic (exact) mass is 398 g/mol. The molecule has 0 saturated heterocycles. The van der Waals surface area contributed by atoms with Crippen LogP contribution in [0.1, 0.15) is 64.9 Å². The van der Waals surface area contributed by atoms with Gasteiger partial charge in [-0.15, -0.1) is 12.4 Å². The maximum Gasteiger partial charge on any atom is 0.258 e. The molecule has 154 valence electrons. The van der Waals surface area contributed by atoms with Crippen LogP contribution in [0.5, 0.6) is 11.5 Å². The quantitative estimate of drug-likeness (QED) is 0.675. The zero-order chi connectivity index (χ0) is 19.0. The molecule has 1 aliphatic rings. The average molecular weight is 399 g/mol. The van der Waals surface area contributed by atoms with Gasteiger partial charge in [-0.1, -0.05) is 31.7 Å². The smallest absolute Gasteiger partial charge is 0.258 e. The lowest BCUT2D eigenvalue weighted by Crippen LogP contribution is -2.43. The molecule has 5 nitrogen and oxygen atoms in total. The van der Waals surface area contributed by atoms with E-state index in [9.17, 15) is 4.79 Å². The van der Waals surface area contributed by atoms with Gasteiger partial charge in [0.15, 0.2) is 18.1 Å². The first kappa shape index (κ1) is 23.6. The van der Waals surface area contributed by atoms with Gasteiger partial charge in [-0.05, 0) is 51.3 Å². The van der Waals surface area contributed by atoms with Crippen LogP contribution in [0.3, 0.4) is 0 Å². The van der Waals surface area contributed by atoms with Gasteiger partial charge in [0.25, 0.3) is 5.91 Å². The second-order valence-electron chi connectivity index (χ2n) is 8.14. The SMILES string of the molecule is COc1cc(CNC2CCCCCC2)ccc1OCC(=O)NC(C)(C)C.Cl. The lowest BCUT2D eigenvalue weighted by Gasteiger charge is -2.21. The van der Waals surface area contributed by atoms with Crippen LogP contribution in [0, 0.1) is 0 Å². The summed E-state index contributed by atoms with van der Waals surface area (Å²) in [7, 11) is 1.62. The van der Waals surface area contributed by atoms with E-state index in [0.29, 0.717) is 17.5 Å². The van der Waals surface area contributed by atoms with Crippen molar-refractivity contribution >= 4 is 18.3 Å². The number of hydrogen-bond acceptors (Lipinski definition) is 4. The van der Waals surface area contributed by atoms with E-state index >= 15 is 0 Å². The number of rotatable bonds is 7. The van der Waals surface area contributed by atoms with Crippen LogP contribution in [-0.4, -0.2) is 31.2 Å². The summed E-state index contributed by atoms with van der Waals surface area (Å²) in [6.07, 6.45) is 7.90. The number of carbonyl (C=O) groups is 1. The summed E-state index contributed by atoms with van der Waals surface area (Å²) in [6, 6.07) is 6.51. The minimum absolute atomic E-state index is 0. The van der Waals surface area contributed by atoms with Crippen LogP contribution >= 0.6 is 12.4 Å². The average Bonchev–Trinajstić information content (AvgIpc) is 2.85. The molecule has 1 fully saturated rings. The van der Waals surface area contributed by atoms with Crippen molar-refractivity contribution in [3.63, 3.8) is 0 Å². The van der Waals surface area contributed by atoms with Gasteiger partial charge in [-0.2, -0.15) is 0 Å². The summed E-state index contributed by atoms with van der Waals surface area (Å²) >= 11 is 0. The van der Waals surface area contributed by atoms with Crippen molar-refractivity contribution in [2.24, 2.45) is 0 Å². The van der Waals surface area contributed by atoms with E-state index in [1.807, 2.05) is 39.0 Å². The third-order valence-electron chi connectivity index (χ3n) is 4.55. The fourth-order valence-electron chi connectivity index (χ4n) is 3.28. The predicted molar refractivity (Wildman–Crippen MR) is 112 cm³/mol. The molecule has 2 N–H and O–H groups in total. The normalized spacial score (nSPS) is 15.4. The maximum atomic E-state index is 11.9. The second kappa shape index (κ2) is 11.4. The molecule has 1 saturated carbocycles. The van der Waals surface area contributed by atoms with Gasteiger partial charge in [0.2, 0.25) is 0 Å². The number of benzene rings is 1. The molecular formula is C21H35ClN2O3. The van der Waals surface area contributed by atoms with E-state index in [0.717, 1.165) is 12.1 Å². The molecule has 6 heteroatoms. The second-order valence-corrected chi connectivity index (χ2v) is 8.14. The molecule has 1 aromatic carbocycles. The predicted octanol–water partition coefficient (Wildman–Crippen LogP) is 4.22. The third-order valence-corrected chi connectivity index (χ3v) is 4.55. The fraction of sp³-hybridized carbons (Fsp3) is 0.667. The van der Waals surface area contributed by atoms with Crippen molar-refractivity contribution in [3.05, 3.63) is 23.8 Å². The van der Waals surface area contributed by atoms with E-state index in [4.69, 9.17) is 9.47 Å². The number of amides is 1. The maximum absolute atomic E-state index is 11.9.